The molecule has 0 heterocycles. The van der Waals surface area contributed by atoms with Gasteiger partial charge in [-0.05, 0) is 42.5 Å². The molecule has 0 aromatic heterocycles. The summed E-state index contributed by atoms with van der Waals surface area (Å²) in [6.45, 7) is -0.303. The van der Waals surface area contributed by atoms with Crippen LogP contribution in [-0.2, 0) is 4.79 Å². The predicted octanol–water partition coefficient (Wildman–Crippen LogP) is 1.96. The summed E-state index contributed by atoms with van der Waals surface area (Å²) in [5.74, 6) is -0.757. The second-order valence-electron chi connectivity index (χ2n) is 5.01. The van der Waals surface area contributed by atoms with E-state index < -0.39 is 16.7 Å². The Bertz CT molecular complexity index is 875. The summed E-state index contributed by atoms with van der Waals surface area (Å²) in [5, 5.41) is 13.4. The third-order valence-electron chi connectivity index (χ3n) is 3.05. The van der Waals surface area contributed by atoms with Crippen LogP contribution < -0.4 is 20.9 Å². The molecule has 0 aliphatic heterocycles. The number of hydrogen-bond acceptors (Lipinski definition) is 6. The van der Waals surface area contributed by atoms with Crippen LogP contribution in [0.3, 0.4) is 0 Å². The van der Waals surface area contributed by atoms with Gasteiger partial charge in [0.15, 0.2) is 11.7 Å². The number of halogens is 1. The first-order chi connectivity index (χ1) is 12.8. The van der Waals surface area contributed by atoms with E-state index in [1.54, 1.807) is 24.3 Å². The number of hydrazine groups is 1. The van der Waals surface area contributed by atoms with E-state index in [1.165, 1.54) is 18.2 Å². The number of carbonyl (C=O) groups is 2. The summed E-state index contributed by atoms with van der Waals surface area (Å²) in [6.07, 6.45) is 0. The molecule has 0 fully saturated rings. The van der Waals surface area contributed by atoms with Gasteiger partial charge in [0.05, 0.1) is 4.92 Å². The highest BCUT2D eigenvalue weighted by Gasteiger charge is 2.12. The van der Waals surface area contributed by atoms with Crippen LogP contribution >= 0.6 is 23.8 Å². The molecule has 2 aromatic rings. The minimum atomic E-state index is -0.660. The number of nitrogens with zero attached hydrogens (tertiary/aromatic N) is 1. The lowest BCUT2D eigenvalue weighted by atomic mass is 10.2. The standard InChI is InChI=1S/C16H13ClN4O5S/c17-11-4-6-13(7-5-11)26-9-14(22)18-16(27)20-19-15(23)10-2-1-3-12(8-10)21(24)25/h1-8H,9H2,(H,19,23)(H2,18,20,22,27). The van der Waals surface area contributed by atoms with Crippen molar-refractivity contribution in [2.24, 2.45) is 0 Å². The van der Waals surface area contributed by atoms with Gasteiger partial charge in [0, 0.05) is 22.7 Å². The van der Waals surface area contributed by atoms with Crippen LogP contribution in [0.5, 0.6) is 5.75 Å². The number of nitrogens with one attached hydrogen (secondary N) is 3. The van der Waals surface area contributed by atoms with Crippen molar-refractivity contribution < 1.29 is 19.2 Å². The summed E-state index contributed by atoms with van der Waals surface area (Å²) >= 11 is 10.6. The molecular weight excluding hydrogens is 396 g/mol. The number of hydrogen-bond donors (Lipinski definition) is 3. The maximum Gasteiger partial charge on any atom is 0.270 e. The van der Waals surface area contributed by atoms with Gasteiger partial charge in [-0.25, -0.2) is 0 Å². The van der Waals surface area contributed by atoms with Crippen LogP contribution in [0.4, 0.5) is 5.69 Å². The van der Waals surface area contributed by atoms with Crippen molar-refractivity contribution in [1.29, 1.82) is 0 Å². The SMILES string of the molecule is O=C(COc1ccc(Cl)cc1)NC(=S)NNC(=O)c1cccc([N+](=O)[O-])c1. The molecule has 27 heavy (non-hydrogen) atoms. The molecule has 0 radical (unpaired) electrons. The molecule has 0 atom stereocenters. The molecule has 3 N–H and O–H groups in total. The molecule has 11 heteroatoms. The van der Waals surface area contributed by atoms with E-state index in [4.69, 9.17) is 28.6 Å². The highest BCUT2D eigenvalue weighted by molar-refractivity contribution is 7.80. The lowest BCUT2D eigenvalue weighted by Gasteiger charge is -2.11. The minimum absolute atomic E-state index is 0.0527. The highest BCUT2D eigenvalue weighted by Crippen LogP contribution is 2.15. The molecular formula is C16H13ClN4O5S. The molecule has 140 valence electrons. The first-order valence-electron chi connectivity index (χ1n) is 7.38. The molecule has 2 aromatic carbocycles. The molecule has 0 saturated heterocycles. The number of non-ortho nitro benzene ring substituents is 1. The molecule has 2 rings (SSSR count). The molecule has 0 saturated carbocycles. The monoisotopic (exact) mass is 408 g/mol. The zero-order valence-electron chi connectivity index (χ0n) is 13.6. The Morgan fingerprint density at radius 3 is 2.52 bits per heavy atom. The number of nitro benzene ring substituents is 1. The van der Waals surface area contributed by atoms with Crippen molar-refractivity contribution in [2.75, 3.05) is 6.61 Å². The van der Waals surface area contributed by atoms with Crippen LogP contribution in [0.1, 0.15) is 10.4 Å². The summed E-state index contributed by atoms with van der Waals surface area (Å²) in [5.41, 5.74) is 4.38. The maximum absolute atomic E-state index is 11.9. The third-order valence-corrected chi connectivity index (χ3v) is 3.50. The topological polar surface area (TPSA) is 123 Å². The fraction of sp³-hybridized carbons (Fsp3) is 0.0625. The van der Waals surface area contributed by atoms with E-state index >= 15 is 0 Å². The van der Waals surface area contributed by atoms with Crippen LogP contribution in [0.2, 0.25) is 5.02 Å². The Hall–Kier alpha value is -3.24. The Morgan fingerprint density at radius 2 is 1.85 bits per heavy atom. The number of carbonyl (C=O) groups excluding carboxylic acids is 2. The Morgan fingerprint density at radius 1 is 1.15 bits per heavy atom. The zero-order chi connectivity index (χ0) is 19.8. The summed E-state index contributed by atoms with van der Waals surface area (Å²) in [6, 6.07) is 11.6. The zero-order valence-corrected chi connectivity index (χ0v) is 15.2. The number of benzene rings is 2. The van der Waals surface area contributed by atoms with Crippen LogP contribution in [-0.4, -0.2) is 28.5 Å². The fourth-order valence-corrected chi connectivity index (χ4v) is 2.11. The number of amides is 2. The second kappa shape index (κ2) is 9.46. The van der Waals surface area contributed by atoms with E-state index in [0.717, 1.165) is 6.07 Å². The first-order valence-corrected chi connectivity index (χ1v) is 8.17. The van der Waals surface area contributed by atoms with E-state index in [2.05, 4.69) is 16.2 Å². The molecule has 0 bridgehead atoms. The normalized spacial score (nSPS) is 9.81. The number of ether oxygens (including phenoxy) is 1. The van der Waals surface area contributed by atoms with Gasteiger partial charge in [-0.15, -0.1) is 0 Å². The number of rotatable bonds is 5. The summed E-state index contributed by atoms with van der Waals surface area (Å²) in [7, 11) is 0. The van der Waals surface area contributed by atoms with Crippen LogP contribution in [0.15, 0.2) is 48.5 Å². The van der Waals surface area contributed by atoms with E-state index in [-0.39, 0.29) is 23.0 Å². The second-order valence-corrected chi connectivity index (χ2v) is 5.85. The largest absolute Gasteiger partial charge is 0.484 e. The summed E-state index contributed by atoms with van der Waals surface area (Å²) in [4.78, 5) is 33.8. The fourth-order valence-electron chi connectivity index (χ4n) is 1.82. The van der Waals surface area contributed by atoms with Crippen molar-refractivity contribution in [3.63, 3.8) is 0 Å². The van der Waals surface area contributed by atoms with Crippen LogP contribution in [0.25, 0.3) is 0 Å². The van der Waals surface area contributed by atoms with Gasteiger partial charge in [-0.2, -0.15) is 0 Å². The van der Waals surface area contributed by atoms with Gasteiger partial charge in [-0.1, -0.05) is 17.7 Å². The van der Waals surface area contributed by atoms with Crippen LogP contribution in [0, 0.1) is 10.1 Å². The van der Waals surface area contributed by atoms with Crippen molar-refractivity contribution >= 4 is 46.4 Å². The molecule has 0 unspecified atom stereocenters. The van der Waals surface area contributed by atoms with E-state index in [1.807, 2.05) is 0 Å². The third kappa shape index (κ3) is 6.53. The smallest absolute Gasteiger partial charge is 0.270 e. The molecule has 0 spiro atoms. The Kier molecular flexibility index (Phi) is 7.03. The molecule has 9 nitrogen and oxygen atoms in total. The summed E-state index contributed by atoms with van der Waals surface area (Å²) < 4.78 is 5.24. The minimum Gasteiger partial charge on any atom is -0.484 e. The lowest BCUT2D eigenvalue weighted by Crippen LogP contribution is -2.49. The van der Waals surface area contributed by atoms with Crippen molar-refractivity contribution in [3.05, 3.63) is 69.2 Å². The molecule has 0 aliphatic carbocycles. The average molecular weight is 409 g/mol. The van der Waals surface area contributed by atoms with Crippen molar-refractivity contribution in [2.45, 2.75) is 0 Å². The average Bonchev–Trinajstić information content (AvgIpc) is 2.65. The first kappa shape index (κ1) is 20.1. The van der Waals surface area contributed by atoms with Crippen molar-refractivity contribution in [3.8, 4) is 5.75 Å². The Labute approximate surface area is 163 Å². The maximum atomic E-state index is 11.9. The number of thiocarbonyl (C=S) groups is 1. The van der Waals surface area contributed by atoms with Gasteiger partial charge in [0.25, 0.3) is 17.5 Å². The van der Waals surface area contributed by atoms with Gasteiger partial charge in [0.2, 0.25) is 0 Å². The quantitative estimate of drug-likeness (QED) is 0.392. The molecule has 2 amide bonds. The number of nitro groups is 1. The highest BCUT2D eigenvalue weighted by atomic mass is 35.5. The van der Waals surface area contributed by atoms with Gasteiger partial charge >= 0.3 is 0 Å². The van der Waals surface area contributed by atoms with E-state index in [0.29, 0.717) is 10.8 Å². The van der Waals surface area contributed by atoms with Gasteiger partial charge in [0.1, 0.15) is 5.75 Å². The lowest BCUT2D eigenvalue weighted by molar-refractivity contribution is -0.384. The molecule has 0 aliphatic rings. The van der Waals surface area contributed by atoms with E-state index in [9.17, 15) is 19.7 Å². The Balaban J connectivity index is 1.77. The van der Waals surface area contributed by atoms with Crippen molar-refractivity contribution in [1.82, 2.24) is 16.2 Å². The van der Waals surface area contributed by atoms with Gasteiger partial charge in [-0.3, -0.25) is 35.9 Å². The predicted molar refractivity (Wildman–Crippen MR) is 101 cm³/mol. The van der Waals surface area contributed by atoms with Gasteiger partial charge < -0.3 is 4.74 Å².